The number of ether oxygens (including phenoxy) is 1. The largest absolute Gasteiger partial charge is 0.489 e. The number of rotatable bonds is 3. The minimum absolute atomic E-state index is 0.160. The highest BCUT2D eigenvalue weighted by Crippen LogP contribution is 2.34. The molecule has 0 radical (unpaired) electrons. The van der Waals surface area contributed by atoms with Gasteiger partial charge in [-0.2, -0.15) is 0 Å². The van der Waals surface area contributed by atoms with Gasteiger partial charge in [-0.3, -0.25) is 4.98 Å². The smallest absolute Gasteiger partial charge is 0.123 e. The highest BCUT2D eigenvalue weighted by molar-refractivity contribution is 5.43. The maximum atomic E-state index is 6.16. The molecule has 1 aliphatic rings. The molecule has 0 bridgehead atoms. The summed E-state index contributed by atoms with van der Waals surface area (Å²) in [6.45, 7) is 0.578. The molecule has 2 N–H and O–H groups in total. The van der Waals surface area contributed by atoms with E-state index in [-0.39, 0.29) is 6.04 Å². The van der Waals surface area contributed by atoms with Gasteiger partial charge in [0.05, 0.1) is 0 Å². The van der Waals surface area contributed by atoms with E-state index in [9.17, 15) is 0 Å². The molecular weight excluding hydrogens is 236 g/mol. The van der Waals surface area contributed by atoms with Gasteiger partial charge in [-0.1, -0.05) is 12.1 Å². The van der Waals surface area contributed by atoms with Crippen molar-refractivity contribution in [1.82, 2.24) is 4.98 Å². The standard InChI is InChI=1S/C16H18N2O/c17-15-5-1-4-14-13(15)3-2-6-16(14)19-11-12-7-9-18-10-8-12/h2-3,6-10,15H,1,4-5,11,17H2. The van der Waals surface area contributed by atoms with E-state index in [0.29, 0.717) is 6.61 Å². The fourth-order valence-corrected chi connectivity index (χ4v) is 2.63. The molecule has 0 aliphatic heterocycles. The minimum atomic E-state index is 0.160. The van der Waals surface area contributed by atoms with E-state index in [1.165, 1.54) is 11.1 Å². The molecule has 1 atom stereocenters. The maximum absolute atomic E-state index is 6.16. The van der Waals surface area contributed by atoms with Crippen LogP contribution in [0.5, 0.6) is 5.75 Å². The zero-order valence-electron chi connectivity index (χ0n) is 10.9. The van der Waals surface area contributed by atoms with Gasteiger partial charge in [-0.15, -0.1) is 0 Å². The predicted octanol–water partition coefficient (Wildman–Crippen LogP) is 3.00. The van der Waals surface area contributed by atoms with Crippen molar-refractivity contribution in [3.8, 4) is 5.75 Å². The summed E-state index contributed by atoms with van der Waals surface area (Å²) in [6, 6.07) is 10.3. The Morgan fingerprint density at radius 3 is 2.89 bits per heavy atom. The number of aromatic nitrogens is 1. The molecule has 1 aliphatic carbocycles. The first-order valence-corrected chi connectivity index (χ1v) is 6.73. The van der Waals surface area contributed by atoms with Crippen molar-refractivity contribution in [3.05, 3.63) is 59.4 Å². The van der Waals surface area contributed by atoms with E-state index in [4.69, 9.17) is 10.5 Å². The van der Waals surface area contributed by atoms with Crippen LogP contribution in [0, 0.1) is 0 Å². The Morgan fingerprint density at radius 2 is 2.05 bits per heavy atom. The second-order valence-electron chi connectivity index (χ2n) is 4.97. The molecule has 1 heterocycles. The quantitative estimate of drug-likeness (QED) is 0.916. The molecule has 0 fully saturated rings. The number of hydrogen-bond donors (Lipinski definition) is 1. The number of fused-ring (bicyclic) bond motifs is 1. The number of hydrogen-bond acceptors (Lipinski definition) is 3. The molecule has 19 heavy (non-hydrogen) atoms. The SMILES string of the molecule is NC1CCCc2c(OCc3ccncc3)cccc21. The fourth-order valence-electron chi connectivity index (χ4n) is 2.63. The van der Waals surface area contributed by atoms with Crippen LogP contribution in [0.25, 0.3) is 0 Å². The molecule has 98 valence electrons. The Labute approximate surface area is 113 Å². The molecule has 0 amide bonds. The predicted molar refractivity (Wildman–Crippen MR) is 74.9 cm³/mol. The van der Waals surface area contributed by atoms with Crippen LogP contribution < -0.4 is 10.5 Å². The summed E-state index contributed by atoms with van der Waals surface area (Å²) in [4.78, 5) is 4.01. The van der Waals surface area contributed by atoms with Crippen LogP contribution in [0.4, 0.5) is 0 Å². The first-order chi connectivity index (χ1) is 9.34. The summed E-state index contributed by atoms with van der Waals surface area (Å²) >= 11 is 0. The average molecular weight is 254 g/mol. The van der Waals surface area contributed by atoms with Crippen LogP contribution in [0.3, 0.4) is 0 Å². The van der Waals surface area contributed by atoms with Gasteiger partial charge in [0.15, 0.2) is 0 Å². The molecule has 0 spiro atoms. The van der Waals surface area contributed by atoms with Gasteiger partial charge in [0.25, 0.3) is 0 Å². The lowest BCUT2D eigenvalue weighted by molar-refractivity contribution is 0.300. The van der Waals surface area contributed by atoms with E-state index in [1.54, 1.807) is 12.4 Å². The van der Waals surface area contributed by atoms with Crippen molar-refractivity contribution in [1.29, 1.82) is 0 Å². The average Bonchev–Trinajstić information content (AvgIpc) is 2.47. The van der Waals surface area contributed by atoms with Gasteiger partial charge < -0.3 is 10.5 Å². The van der Waals surface area contributed by atoms with Crippen molar-refractivity contribution < 1.29 is 4.74 Å². The van der Waals surface area contributed by atoms with Crippen LogP contribution in [0.15, 0.2) is 42.7 Å². The minimum Gasteiger partial charge on any atom is -0.489 e. The Morgan fingerprint density at radius 1 is 1.21 bits per heavy atom. The maximum Gasteiger partial charge on any atom is 0.123 e. The van der Waals surface area contributed by atoms with Crippen LogP contribution in [0.2, 0.25) is 0 Å². The van der Waals surface area contributed by atoms with Gasteiger partial charge >= 0.3 is 0 Å². The lowest BCUT2D eigenvalue weighted by Crippen LogP contribution is -2.18. The Balaban J connectivity index is 1.80. The second kappa shape index (κ2) is 5.41. The molecule has 3 heteroatoms. The molecule has 0 saturated carbocycles. The zero-order chi connectivity index (χ0) is 13.1. The summed E-state index contributed by atoms with van der Waals surface area (Å²) in [7, 11) is 0. The molecule has 3 rings (SSSR count). The zero-order valence-corrected chi connectivity index (χ0v) is 10.9. The summed E-state index contributed by atoms with van der Waals surface area (Å²) in [5.41, 5.74) is 9.83. The van der Waals surface area contributed by atoms with E-state index in [1.807, 2.05) is 24.3 Å². The normalized spacial score (nSPS) is 17.8. The lowest BCUT2D eigenvalue weighted by atomic mass is 9.87. The second-order valence-corrected chi connectivity index (χ2v) is 4.97. The van der Waals surface area contributed by atoms with Gasteiger partial charge in [-0.05, 0) is 54.2 Å². The van der Waals surface area contributed by atoms with Crippen molar-refractivity contribution >= 4 is 0 Å². The van der Waals surface area contributed by atoms with Crippen LogP contribution in [0.1, 0.15) is 35.6 Å². The first kappa shape index (κ1) is 12.2. The van der Waals surface area contributed by atoms with Crippen LogP contribution >= 0.6 is 0 Å². The van der Waals surface area contributed by atoms with Gasteiger partial charge in [-0.25, -0.2) is 0 Å². The number of benzene rings is 1. The third kappa shape index (κ3) is 2.61. The number of nitrogens with two attached hydrogens (primary N) is 1. The lowest BCUT2D eigenvalue weighted by Gasteiger charge is -2.24. The summed E-state index contributed by atoms with van der Waals surface area (Å²) in [5.74, 6) is 0.976. The molecule has 1 aromatic carbocycles. The molecule has 0 saturated heterocycles. The van der Waals surface area contributed by atoms with Crippen molar-refractivity contribution in [3.63, 3.8) is 0 Å². The van der Waals surface area contributed by atoms with Crippen molar-refractivity contribution in [2.75, 3.05) is 0 Å². The van der Waals surface area contributed by atoms with Crippen LogP contribution in [-0.2, 0) is 13.0 Å². The van der Waals surface area contributed by atoms with Gasteiger partial charge in [0, 0.05) is 18.4 Å². The Kier molecular flexibility index (Phi) is 3.47. The summed E-state index contributed by atoms with van der Waals surface area (Å²) in [5, 5.41) is 0. The topological polar surface area (TPSA) is 48.1 Å². The van der Waals surface area contributed by atoms with Gasteiger partial charge in [0.1, 0.15) is 12.4 Å². The monoisotopic (exact) mass is 254 g/mol. The summed E-state index contributed by atoms with van der Waals surface area (Å²) in [6.07, 6.45) is 6.85. The van der Waals surface area contributed by atoms with Crippen molar-refractivity contribution in [2.45, 2.75) is 31.9 Å². The highest BCUT2D eigenvalue weighted by Gasteiger charge is 2.19. The molecule has 2 aromatic rings. The van der Waals surface area contributed by atoms with Gasteiger partial charge in [0.2, 0.25) is 0 Å². The Hall–Kier alpha value is -1.87. The molecule has 3 nitrogen and oxygen atoms in total. The third-order valence-corrected chi connectivity index (χ3v) is 3.65. The molecule has 1 unspecified atom stereocenters. The molecular formula is C16H18N2O. The van der Waals surface area contributed by atoms with Crippen LogP contribution in [-0.4, -0.2) is 4.98 Å². The fraction of sp³-hybridized carbons (Fsp3) is 0.312. The van der Waals surface area contributed by atoms with E-state index >= 15 is 0 Å². The summed E-state index contributed by atoms with van der Waals surface area (Å²) < 4.78 is 5.96. The van der Waals surface area contributed by atoms with Crippen molar-refractivity contribution in [2.24, 2.45) is 5.73 Å². The first-order valence-electron chi connectivity index (χ1n) is 6.73. The highest BCUT2D eigenvalue weighted by atomic mass is 16.5. The Bertz CT molecular complexity index is 554. The third-order valence-electron chi connectivity index (χ3n) is 3.65. The van der Waals surface area contributed by atoms with E-state index in [0.717, 1.165) is 30.6 Å². The van der Waals surface area contributed by atoms with E-state index < -0.39 is 0 Å². The number of pyridine rings is 1. The molecule has 1 aromatic heterocycles. The van der Waals surface area contributed by atoms with E-state index in [2.05, 4.69) is 11.1 Å². The number of nitrogens with zero attached hydrogens (tertiary/aromatic N) is 1.